The summed E-state index contributed by atoms with van der Waals surface area (Å²) in [6.07, 6.45) is 2.13. The minimum atomic E-state index is 0. The van der Waals surface area contributed by atoms with E-state index in [0.717, 1.165) is 16.3 Å². The van der Waals surface area contributed by atoms with Crippen LogP contribution in [0.4, 0.5) is 5.69 Å². The maximum absolute atomic E-state index is 5.79. The first-order valence-electron chi connectivity index (χ1n) is 5.63. The first kappa shape index (κ1) is 16.1. The predicted molar refractivity (Wildman–Crippen MR) is 88.2 cm³/mol. The zero-order valence-electron chi connectivity index (χ0n) is 11.0. The molecular formula is C13H17Cl2N3S. The molecule has 2 heterocycles. The molecule has 2 aromatic heterocycles. The Labute approximate surface area is 128 Å². The highest BCUT2D eigenvalue weighted by Crippen LogP contribution is 2.30. The van der Waals surface area contributed by atoms with Crippen LogP contribution in [0.3, 0.4) is 0 Å². The minimum absolute atomic E-state index is 0. The molecule has 0 atom stereocenters. The van der Waals surface area contributed by atoms with Crippen molar-refractivity contribution in [2.45, 2.75) is 26.2 Å². The van der Waals surface area contributed by atoms with Gasteiger partial charge >= 0.3 is 0 Å². The van der Waals surface area contributed by atoms with Gasteiger partial charge in [0.25, 0.3) is 0 Å². The van der Waals surface area contributed by atoms with Crippen LogP contribution >= 0.6 is 36.2 Å². The molecular weight excluding hydrogens is 301 g/mol. The van der Waals surface area contributed by atoms with Crippen molar-refractivity contribution in [2.24, 2.45) is 0 Å². The molecule has 0 aliphatic heterocycles. The largest absolute Gasteiger partial charge is 0.399 e. The lowest BCUT2D eigenvalue weighted by Gasteiger charge is -2.13. The summed E-state index contributed by atoms with van der Waals surface area (Å²) in [4.78, 5) is 5.73. The van der Waals surface area contributed by atoms with Gasteiger partial charge in [-0.2, -0.15) is 0 Å². The smallest absolute Gasteiger partial charge is 0.194 e. The monoisotopic (exact) mass is 317 g/mol. The Morgan fingerprint density at radius 3 is 2.53 bits per heavy atom. The van der Waals surface area contributed by atoms with Crippen LogP contribution in [0.15, 0.2) is 24.4 Å². The summed E-state index contributed by atoms with van der Waals surface area (Å²) >= 11 is 1.68. The fourth-order valence-electron chi connectivity index (χ4n) is 1.88. The molecule has 0 aliphatic rings. The van der Waals surface area contributed by atoms with Gasteiger partial charge < -0.3 is 5.73 Å². The van der Waals surface area contributed by atoms with E-state index < -0.39 is 0 Å². The van der Waals surface area contributed by atoms with E-state index in [2.05, 4.69) is 37.4 Å². The summed E-state index contributed by atoms with van der Waals surface area (Å²) < 4.78 is 3.34. The van der Waals surface area contributed by atoms with Gasteiger partial charge in [0.1, 0.15) is 0 Å². The zero-order chi connectivity index (χ0) is 12.2. The van der Waals surface area contributed by atoms with Gasteiger partial charge in [-0.15, -0.1) is 24.8 Å². The van der Waals surface area contributed by atoms with Gasteiger partial charge in [0, 0.05) is 17.3 Å². The molecule has 0 aliphatic carbocycles. The molecule has 104 valence electrons. The second-order valence-electron chi connectivity index (χ2n) is 5.36. The topological polar surface area (TPSA) is 43.3 Å². The number of imidazole rings is 1. The molecule has 0 spiro atoms. The molecule has 3 nitrogen and oxygen atoms in total. The summed E-state index contributed by atoms with van der Waals surface area (Å²) in [5.74, 6) is 0. The minimum Gasteiger partial charge on any atom is -0.399 e. The molecule has 0 unspecified atom stereocenters. The maximum atomic E-state index is 5.79. The van der Waals surface area contributed by atoms with Crippen molar-refractivity contribution in [2.75, 3.05) is 5.73 Å². The standard InChI is InChI=1S/C13H15N3S.2ClH/c1-13(2,3)11-7-16-9-5-4-8(14)6-10(9)17-12(16)15-11;;/h4-7H,14H2,1-3H3;2*1H. The van der Waals surface area contributed by atoms with Gasteiger partial charge in [-0.1, -0.05) is 32.1 Å². The van der Waals surface area contributed by atoms with Crippen molar-refractivity contribution in [3.63, 3.8) is 0 Å². The number of thiazole rings is 1. The summed E-state index contributed by atoms with van der Waals surface area (Å²) in [6.45, 7) is 6.54. The average molecular weight is 318 g/mol. The average Bonchev–Trinajstić information content (AvgIpc) is 2.72. The van der Waals surface area contributed by atoms with Crippen LogP contribution in [-0.2, 0) is 5.41 Å². The van der Waals surface area contributed by atoms with Gasteiger partial charge in [0.15, 0.2) is 4.96 Å². The Bertz CT molecular complexity index is 710. The molecule has 19 heavy (non-hydrogen) atoms. The predicted octanol–water partition coefficient (Wildman–Crippen LogP) is 4.27. The number of benzene rings is 1. The highest BCUT2D eigenvalue weighted by molar-refractivity contribution is 7.23. The van der Waals surface area contributed by atoms with Crippen LogP contribution in [0, 0.1) is 0 Å². The third-order valence-electron chi connectivity index (χ3n) is 2.89. The van der Waals surface area contributed by atoms with Crippen LogP contribution in [-0.4, -0.2) is 9.38 Å². The van der Waals surface area contributed by atoms with Crippen molar-refractivity contribution in [1.29, 1.82) is 0 Å². The first-order valence-corrected chi connectivity index (χ1v) is 6.44. The Morgan fingerprint density at radius 2 is 1.89 bits per heavy atom. The fourth-order valence-corrected chi connectivity index (χ4v) is 2.94. The third-order valence-corrected chi connectivity index (χ3v) is 3.90. The lowest BCUT2D eigenvalue weighted by molar-refractivity contribution is 0.573. The number of aromatic nitrogens is 2. The number of hydrogen-bond acceptors (Lipinski definition) is 3. The number of halogens is 2. The number of fused-ring (bicyclic) bond motifs is 3. The normalized spacial score (nSPS) is 11.3. The summed E-state index contributed by atoms with van der Waals surface area (Å²) in [7, 11) is 0. The SMILES string of the molecule is CC(C)(C)c1cn2c(n1)sc1cc(N)ccc12.Cl.Cl. The summed E-state index contributed by atoms with van der Waals surface area (Å²) in [5.41, 5.74) is 8.99. The number of hydrogen-bond donors (Lipinski definition) is 1. The van der Waals surface area contributed by atoms with Gasteiger partial charge in [0.2, 0.25) is 0 Å². The number of rotatable bonds is 0. The van der Waals surface area contributed by atoms with Crippen LogP contribution in [0.5, 0.6) is 0 Å². The van der Waals surface area contributed by atoms with E-state index in [4.69, 9.17) is 10.7 Å². The second-order valence-corrected chi connectivity index (χ2v) is 6.37. The number of anilines is 1. The van der Waals surface area contributed by atoms with Crippen molar-refractivity contribution >= 4 is 57.0 Å². The fraction of sp³-hybridized carbons (Fsp3) is 0.308. The maximum Gasteiger partial charge on any atom is 0.194 e. The Kier molecular flexibility index (Phi) is 4.40. The van der Waals surface area contributed by atoms with Crippen LogP contribution in [0.1, 0.15) is 26.5 Å². The summed E-state index contributed by atoms with van der Waals surface area (Å²) in [5, 5.41) is 0. The first-order chi connectivity index (χ1) is 7.95. The molecule has 3 aromatic rings. The van der Waals surface area contributed by atoms with Gasteiger partial charge in [-0.05, 0) is 18.2 Å². The number of nitrogens with two attached hydrogens (primary N) is 1. The van der Waals surface area contributed by atoms with Crippen molar-refractivity contribution < 1.29 is 0 Å². The van der Waals surface area contributed by atoms with E-state index in [0.29, 0.717) is 0 Å². The lowest BCUT2D eigenvalue weighted by Crippen LogP contribution is -2.11. The molecule has 0 fully saturated rings. The molecule has 6 heteroatoms. The van der Waals surface area contributed by atoms with Crippen LogP contribution < -0.4 is 5.73 Å². The van der Waals surface area contributed by atoms with E-state index >= 15 is 0 Å². The molecule has 0 bridgehead atoms. The van der Waals surface area contributed by atoms with Gasteiger partial charge in [-0.25, -0.2) is 4.98 Å². The van der Waals surface area contributed by atoms with Crippen LogP contribution in [0.2, 0.25) is 0 Å². The third kappa shape index (κ3) is 2.66. The molecule has 1 aromatic carbocycles. The van der Waals surface area contributed by atoms with Gasteiger partial charge in [0.05, 0.1) is 15.9 Å². The van der Waals surface area contributed by atoms with E-state index in [1.54, 1.807) is 11.3 Å². The zero-order valence-corrected chi connectivity index (χ0v) is 13.5. The van der Waals surface area contributed by atoms with Crippen molar-refractivity contribution in [3.05, 3.63) is 30.1 Å². The molecule has 3 rings (SSSR count). The molecule has 0 radical (unpaired) electrons. The Hall–Kier alpha value is -0.970. The van der Waals surface area contributed by atoms with Crippen LogP contribution in [0.25, 0.3) is 15.2 Å². The number of nitrogen functional groups attached to an aromatic ring is 1. The van der Waals surface area contributed by atoms with E-state index in [9.17, 15) is 0 Å². The highest BCUT2D eigenvalue weighted by Gasteiger charge is 2.19. The lowest BCUT2D eigenvalue weighted by atomic mass is 9.93. The molecule has 0 amide bonds. The van der Waals surface area contributed by atoms with Crippen molar-refractivity contribution in [3.8, 4) is 0 Å². The highest BCUT2D eigenvalue weighted by atomic mass is 35.5. The van der Waals surface area contributed by atoms with Gasteiger partial charge in [-0.3, -0.25) is 4.40 Å². The van der Waals surface area contributed by atoms with Crippen molar-refractivity contribution in [1.82, 2.24) is 9.38 Å². The summed E-state index contributed by atoms with van der Waals surface area (Å²) in [6, 6.07) is 6.00. The second kappa shape index (κ2) is 5.19. The van der Waals surface area contributed by atoms with E-state index in [-0.39, 0.29) is 30.2 Å². The molecule has 2 N–H and O–H groups in total. The molecule has 0 saturated heterocycles. The Morgan fingerprint density at radius 1 is 1.21 bits per heavy atom. The quantitative estimate of drug-likeness (QED) is 0.629. The van der Waals surface area contributed by atoms with E-state index in [1.807, 2.05) is 12.1 Å². The molecule has 0 saturated carbocycles. The number of nitrogens with zero attached hydrogens (tertiary/aromatic N) is 2. The van der Waals surface area contributed by atoms with E-state index in [1.165, 1.54) is 10.2 Å². The Balaban J connectivity index is 0.000000902.